The van der Waals surface area contributed by atoms with E-state index >= 15 is 0 Å². The van der Waals surface area contributed by atoms with Crippen LogP contribution in [0.25, 0.3) is 11.1 Å². The fourth-order valence-corrected chi connectivity index (χ4v) is 2.79. The van der Waals surface area contributed by atoms with Gasteiger partial charge in [0.2, 0.25) is 11.8 Å². The summed E-state index contributed by atoms with van der Waals surface area (Å²) in [6.07, 6.45) is 0.310. The molecule has 0 radical (unpaired) electrons. The predicted molar refractivity (Wildman–Crippen MR) is 110 cm³/mol. The van der Waals surface area contributed by atoms with E-state index in [2.05, 4.69) is 17.4 Å². The average molecular weight is 358 g/mol. The number of hydrogen-bond donors (Lipinski definition) is 1. The van der Waals surface area contributed by atoms with Gasteiger partial charge in [0.05, 0.1) is 6.42 Å². The quantitative estimate of drug-likeness (QED) is 0.729. The number of carbonyl (C=O) groups excluding carboxylic acids is 2. The molecule has 0 saturated carbocycles. The maximum atomic E-state index is 12.3. The molecule has 0 aliphatic rings. The average Bonchev–Trinajstić information content (AvgIpc) is 2.69. The lowest BCUT2D eigenvalue weighted by atomic mass is 10.0. The lowest BCUT2D eigenvalue weighted by Gasteiger charge is -2.15. The van der Waals surface area contributed by atoms with Crippen LogP contribution < -0.4 is 10.2 Å². The molecule has 4 heteroatoms. The molecule has 0 bridgehead atoms. The van der Waals surface area contributed by atoms with Crippen LogP contribution in [0.4, 0.5) is 11.4 Å². The van der Waals surface area contributed by atoms with E-state index in [-0.39, 0.29) is 11.8 Å². The van der Waals surface area contributed by atoms with Crippen molar-refractivity contribution in [1.82, 2.24) is 0 Å². The summed E-state index contributed by atoms with van der Waals surface area (Å²) in [5, 5.41) is 2.89. The van der Waals surface area contributed by atoms with Gasteiger partial charge in [0.15, 0.2) is 0 Å². The van der Waals surface area contributed by atoms with Crippen LogP contribution >= 0.6 is 0 Å². The van der Waals surface area contributed by atoms with Gasteiger partial charge in [0.1, 0.15) is 0 Å². The number of anilines is 2. The molecule has 0 atom stereocenters. The van der Waals surface area contributed by atoms with E-state index in [0.717, 1.165) is 22.4 Å². The van der Waals surface area contributed by atoms with Gasteiger partial charge in [-0.1, -0.05) is 54.6 Å². The van der Waals surface area contributed by atoms with E-state index in [1.807, 2.05) is 54.6 Å². The molecule has 1 N–H and O–H groups in total. The molecule has 0 spiro atoms. The largest absolute Gasteiger partial charge is 0.326 e. The zero-order valence-corrected chi connectivity index (χ0v) is 15.5. The number of nitrogens with zero attached hydrogens (tertiary/aromatic N) is 1. The first-order valence-electron chi connectivity index (χ1n) is 8.81. The minimum atomic E-state index is -0.0740. The van der Waals surface area contributed by atoms with Crippen molar-refractivity contribution < 1.29 is 9.59 Å². The number of nitrogens with one attached hydrogen (secondary N) is 1. The van der Waals surface area contributed by atoms with Crippen LogP contribution in [0.1, 0.15) is 12.5 Å². The minimum Gasteiger partial charge on any atom is -0.326 e. The van der Waals surface area contributed by atoms with Crippen molar-refractivity contribution in [2.75, 3.05) is 17.3 Å². The van der Waals surface area contributed by atoms with E-state index in [4.69, 9.17) is 0 Å². The third-order valence-electron chi connectivity index (χ3n) is 4.44. The molecule has 3 rings (SSSR count). The molecule has 2 amide bonds. The Balaban J connectivity index is 1.60. The van der Waals surface area contributed by atoms with E-state index in [9.17, 15) is 9.59 Å². The number of hydrogen-bond acceptors (Lipinski definition) is 2. The summed E-state index contributed by atoms with van der Waals surface area (Å²) in [7, 11) is 1.72. The smallest absolute Gasteiger partial charge is 0.228 e. The molecule has 3 aromatic carbocycles. The van der Waals surface area contributed by atoms with Crippen molar-refractivity contribution in [3.63, 3.8) is 0 Å². The molecule has 0 fully saturated rings. The molecule has 4 nitrogen and oxygen atoms in total. The third kappa shape index (κ3) is 4.82. The second kappa shape index (κ2) is 8.32. The molecule has 136 valence electrons. The molecular weight excluding hydrogens is 336 g/mol. The number of amides is 2. The van der Waals surface area contributed by atoms with Gasteiger partial charge in [-0.15, -0.1) is 0 Å². The van der Waals surface area contributed by atoms with Gasteiger partial charge in [0, 0.05) is 25.3 Å². The lowest BCUT2D eigenvalue weighted by Crippen LogP contribution is -2.22. The highest BCUT2D eigenvalue weighted by molar-refractivity contribution is 5.94. The first-order chi connectivity index (χ1) is 13.0. The molecular formula is C23H22N2O2. The van der Waals surface area contributed by atoms with Crippen LogP contribution in [0.5, 0.6) is 0 Å². The molecule has 0 aliphatic heterocycles. The Bertz CT molecular complexity index is 917. The highest BCUT2D eigenvalue weighted by Gasteiger charge is 2.07. The van der Waals surface area contributed by atoms with E-state index in [1.54, 1.807) is 24.1 Å². The van der Waals surface area contributed by atoms with Crippen molar-refractivity contribution in [2.24, 2.45) is 0 Å². The number of benzene rings is 3. The first kappa shape index (κ1) is 18.4. The van der Waals surface area contributed by atoms with Crippen LogP contribution in [0, 0.1) is 0 Å². The molecule has 27 heavy (non-hydrogen) atoms. The summed E-state index contributed by atoms with van der Waals surface area (Å²) < 4.78 is 0. The summed E-state index contributed by atoms with van der Waals surface area (Å²) in [6.45, 7) is 1.51. The van der Waals surface area contributed by atoms with Crippen molar-refractivity contribution in [3.05, 3.63) is 84.4 Å². The highest BCUT2D eigenvalue weighted by atomic mass is 16.2. The predicted octanol–water partition coefficient (Wildman–Crippen LogP) is 4.52. The van der Waals surface area contributed by atoms with Gasteiger partial charge in [-0.3, -0.25) is 9.59 Å². The van der Waals surface area contributed by atoms with Crippen LogP contribution in [0.2, 0.25) is 0 Å². The molecule has 0 heterocycles. The third-order valence-corrected chi connectivity index (χ3v) is 4.44. The topological polar surface area (TPSA) is 49.4 Å². The Morgan fingerprint density at radius 1 is 0.815 bits per heavy atom. The van der Waals surface area contributed by atoms with E-state index < -0.39 is 0 Å². The highest BCUT2D eigenvalue weighted by Crippen LogP contribution is 2.20. The van der Waals surface area contributed by atoms with E-state index in [1.165, 1.54) is 6.92 Å². The van der Waals surface area contributed by atoms with Crippen LogP contribution in [0.15, 0.2) is 78.9 Å². The molecule has 0 aliphatic carbocycles. The molecule has 0 unspecified atom stereocenters. The summed E-state index contributed by atoms with van der Waals surface area (Å²) in [6, 6.07) is 25.4. The summed E-state index contributed by atoms with van der Waals surface area (Å²) in [5.41, 5.74) is 4.74. The molecule has 0 aromatic heterocycles. The fourth-order valence-electron chi connectivity index (χ4n) is 2.79. The van der Waals surface area contributed by atoms with Crippen LogP contribution in [-0.2, 0) is 16.0 Å². The lowest BCUT2D eigenvalue weighted by molar-refractivity contribution is -0.116. The number of rotatable bonds is 5. The Morgan fingerprint density at radius 2 is 1.41 bits per heavy atom. The monoisotopic (exact) mass is 358 g/mol. The Morgan fingerprint density at radius 3 is 2.00 bits per heavy atom. The Labute approximate surface area is 159 Å². The summed E-state index contributed by atoms with van der Waals surface area (Å²) in [4.78, 5) is 25.2. The van der Waals surface area contributed by atoms with Crippen molar-refractivity contribution in [1.29, 1.82) is 0 Å². The van der Waals surface area contributed by atoms with Gasteiger partial charge in [-0.05, 0) is 41.0 Å². The maximum Gasteiger partial charge on any atom is 0.228 e. The molecule has 0 saturated heterocycles. The van der Waals surface area contributed by atoms with Gasteiger partial charge >= 0.3 is 0 Å². The Hall–Kier alpha value is -3.40. The van der Waals surface area contributed by atoms with Crippen LogP contribution in [-0.4, -0.2) is 18.9 Å². The number of carbonyl (C=O) groups is 2. The minimum absolute atomic E-state index is 0.0364. The van der Waals surface area contributed by atoms with Gasteiger partial charge in [-0.2, -0.15) is 0 Å². The normalized spacial score (nSPS) is 10.3. The Kier molecular flexibility index (Phi) is 5.67. The zero-order valence-electron chi connectivity index (χ0n) is 15.5. The van der Waals surface area contributed by atoms with Crippen molar-refractivity contribution in [3.8, 4) is 11.1 Å². The zero-order chi connectivity index (χ0) is 19.2. The van der Waals surface area contributed by atoms with Crippen molar-refractivity contribution >= 4 is 23.2 Å². The van der Waals surface area contributed by atoms with Gasteiger partial charge in [0.25, 0.3) is 0 Å². The van der Waals surface area contributed by atoms with Crippen molar-refractivity contribution in [2.45, 2.75) is 13.3 Å². The second-order valence-electron chi connectivity index (χ2n) is 6.41. The fraction of sp³-hybridized carbons (Fsp3) is 0.130. The molecule has 3 aromatic rings. The van der Waals surface area contributed by atoms with E-state index in [0.29, 0.717) is 12.1 Å². The SMILES string of the molecule is CC(=O)N(C)c1ccc(NC(=O)Cc2ccc(-c3ccccc3)cc2)cc1. The van der Waals surface area contributed by atoms with Gasteiger partial charge < -0.3 is 10.2 Å². The second-order valence-corrected chi connectivity index (χ2v) is 6.41. The first-order valence-corrected chi connectivity index (χ1v) is 8.81. The summed E-state index contributed by atoms with van der Waals surface area (Å²) >= 11 is 0. The maximum absolute atomic E-state index is 12.3. The van der Waals surface area contributed by atoms with Gasteiger partial charge in [-0.25, -0.2) is 0 Å². The standard InChI is InChI=1S/C23H22N2O2/c1-17(26)25(2)22-14-12-21(13-15-22)24-23(27)16-18-8-10-20(11-9-18)19-6-4-3-5-7-19/h3-15H,16H2,1-2H3,(H,24,27). The van der Waals surface area contributed by atoms with Crippen LogP contribution in [0.3, 0.4) is 0 Å². The summed E-state index contributed by atoms with van der Waals surface area (Å²) in [5.74, 6) is -0.110.